The molecule has 0 unspecified atom stereocenters. The van der Waals surface area contributed by atoms with Gasteiger partial charge in [0.15, 0.2) is 0 Å². The average molecular weight is 283 g/mol. The lowest BCUT2D eigenvalue weighted by molar-refractivity contribution is 0.0937. The van der Waals surface area contributed by atoms with E-state index in [0.29, 0.717) is 29.9 Å². The summed E-state index contributed by atoms with van der Waals surface area (Å²) in [6, 6.07) is 4.19. The number of amides is 1. The van der Waals surface area contributed by atoms with E-state index in [4.69, 9.17) is 0 Å². The van der Waals surface area contributed by atoms with Gasteiger partial charge in [-0.15, -0.1) is 12.6 Å². The first-order valence-electron chi connectivity index (χ1n) is 6.59. The number of hydrogen-bond acceptors (Lipinski definition) is 2. The van der Waals surface area contributed by atoms with Crippen LogP contribution < -0.4 is 5.32 Å². The molecule has 0 aliphatic carbocycles. The van der Waals surface area contributed by atoms with E-state index >= 15 is 0 Å². The van der Waals surface area contributed by atoms with Gasteiger partial charge < -0.3 is 5.32 Å². The Labute approximate surface area is 120 Å². The fraction of sp³-hybridized carbons (Fsp3) is 0.533. The lowest BCUT2D eigenvalue weighted by Gasteiger charge is -2.25. The van der Waals surface area contributed by atoms with Crippen LogP contribution in [0.2, 0.25) is 0 Å². The van der Waals surface area contributed by atoms with Crippen molar-refractivity contribution < 1.29 is 9.18 Å². The van der Waals surface area contributed by atoms with Gasteiger partial charge in [-0.3, -0.25) is 4.79 Å². The number of thiol groups is 1. The highest BCUT2D eigenvalue weighted by molar-refractivity contribution is 7.80. The average Bonchev–Trinajstić information content (AvgIpc) is 2.31. The van der Waals surface area contributed by atoms with E-state index in [1.165, 1.54) is 18.2 Å². The molecular formula is C15H22FNOS. The molecule has 1 N–H and O–H groups in total. The Morgan fingerprint density at radius 2 is 1.84 bits per heavy atom. The van der Waals surface area contributed by atoms with Crippen molar-refractivity contribution in [1.29, 1.82) is 0 Å². The number of halogens is 1. The molecule has 0 fully saturated rings. The number of hydrogen-bond donors (Lipinski definition) is 2. The third-order valence-electron chi connectivity index (χ3n) is 3.42. The molecule has 0 aromatic heterocycles. The van der Waals surface area contributed by atoms with Gasteiger partial charge in [-0.05, 0) is 36.0 Å². The zero-order chi connectivity index (χ0) is 14.6. The van der Waals surface area contributed by atoms with Gasteiger partial charge in [-0.1, -0.05) is 27.7 Å². The van der Waals surface area contributed by atoms with Crippen LogP contribution >= 0.6 is 12.6 Å². The summed E-state index contributed by atoms with van der Waals surface area (Å²) in [7, 11) is 0. The molecule has 0 aliphatic rings. The van der Waals surface area contributed by atoms with Crippen molar-refractivity contribution in [2.24, 2.45) is 17.8 Å². The topological polar surface area (TPSA) is 29.1 Å². The molecule has 106 valence electrons. The van der Waals surface area contributed by atoms with E-state index < -0.39 is 5.82 Å². The zero-order valence-corrected chi connectivity index (χ0v) is 12.8. The molecule has 0 aliphatic heterocycles. The first kappa shape index (κ1) is 16.0. The smallest absolute Gasteiger partial charge is 0.251 e. The van der Waals surface area contributed by atoms with Crippen LogP contribution in [0.25, 0.3) is 0 Å². The largest absolute Gasteiger partial charge is 0.352 e. The highest BCUT2D eigenvalue weighted by Crippen LogP contribution is 2.20. The van der Waals surface area contributed by atoms with Gasteiger partial charge in [0.2, 0.25) is 0 Å². The first-order valence-corrected chi connectivity index (χ1v) is 7.04. The van der Waals surface area contributed by atoms with Gasteiger partial charge in [0.1, 0.15) is 5.82 Å². The van der Waals surface area contributed by atoms with Crippen molar-refractivity contribution in [3.8, 4) is 0 Å². The highest BCUT2D eigenvalue weighted by atomic mass is 32.1. The quantitative estimate of drug-likeness (QED) is 0.791. The van der Waals surface area contributed by atoms with Crippen molar-refractivity contribution in [1.82, 2.24) is 5.32 Å². The van der Waals surface area contributed by atoms with Crippen LogP contribution in [0.15, 0.2) is 23.1 Å². The van der Waals surface area contributed by atoms with Crippen LogP contribution in [0.5, 0.6) is 0 Å². The maximum atomic E-state index is 13.1. The molecule has 19 heavy (non-hydrogen) atoms. The predicted molar refractivity (Wildman–Crippen MR) is 79.2 cm³/mol. The molecule has 0 saturated heterocycles. The van der Waals surface area contributed by atoms with Crippen LogP contribution in [0.3, 0.4) is 0 Å². The number of benzene rings is 1. The molecule has 4 heteroatoms. The van der Waals surface area contributed by atoms with Gasteiger partial charge in [0, 0.05) is 17.0 Å². The summed E-state index contributed by atoms with van der Waals surface area (Å²) in [5, 5.41) is 2.91. The monoisotopic (exact) mass is 283 g/mol. The summed E-state index contributed by atoms with van der Waals surface area (Å²) in [5.74, 6) is 0.853. The Bertz CT molecular complexity index is 438. The first-order chi connectivity index (χ1) is 8.82. The molecule has 0 radical (unpaired) electrons. The van der Waals surface area contributed by atoms with E-state index in [1.54, 1.807) is 0 Å². The molecule has 1 aromatic carbocycles. The summed E-state index contributed by atoms with van der Waals surface area (Å²) in [6.07, 6.45) is 0. The fourth-order valence-electron chi connectivity index (χ4n) is 2.21. The summed E-state index contributed by atoms with van der Waals surface area (Å²) in [5.41, 5.74) is 0.442. The van der Waals surface area contributed by atoms with Crippen LogP contribution in [0.4, 0.5) is 4.39 Å². The molecule has 1 aromatic rings. The Morgan fingerprint density at radius 1 is 1.26 bits per heavy atom. The molecule has 1 rings (SSSR count). The second kappa shape index (κ2) is 6.94. The van der Waals surface area contributed by atoms with E-state index in [2.05, 4.69) is 45.6 Å². The van der Waals surface area contributed by atoms with Crippen molar-refractivity contribution in [3.05, 3.63) is 29.6 Å². The normalized spacial score (nSPS) is 11.4. The highest BCUT2D eigenvalue weighted by Gasteiger charge is 2.18. The SMILES string of the molecule is CC(C)C(CNC(=O)c1ccc(F)c(S)c1)C(C)C. The van der Waals surface area contributed by atoms with E-state index in [-0.39, 0.29) is 10.8 Å². The third-order valence-corrected chi connectivity index (χ3v) is 3.76. The van der Waals surface area contributed by atoms with Crippen LogP contribution in [-0.2, 0) is 0 Å². The number of nitrogens with one attached hydrogen (secondary N) is 1. The minimum atomic E-state index is -0.415. The van der Waals surface area contributed by atoms with Gasteiger partial charge in [0.05, 0.1) is 0 Å². The van der Waals surface area contributed by atoms with Crippen molar-refractivity contribution in [2.45, 2.75) is 32.6 Å². The third kappa shape index (κ3) is 4.53. The Morgan fingerprint density at radius 3 is 2.32 bits per heavy atom. The van der Waals surface area contributed by atoms with Gasteiger partial charge in [-0.2, -0.15) is 0 Å². The number of carbonyl (C=O) groups excluding carboxylic acids is 1. The fourth-order valence-corrected chi connectivity index (χ4v) is 2.42. The Balaban J connectivity index is 2.66. The van der Waals surface area contributed by atoms with Gasteiger partial charge in [0.25, 0.3) is 5.91 Å². The van der Waals surface area contributed by atoms with Crippen molar-refractivity contribution in [3.63, 3.8) is 0 Å². The van der Waals surface area contributed by atoms with Gasteiger partial charge >= 0.3 is 0 Å². The van der Waals surface area contributed by atoms with Crippen LogP contribution in [0, 0.1) is 23.6 Å². The zero-order valence-electron chi connectivity index (χ0n) is 11.9. The van der Waals surface area contributed by atoms with E-state index in [1.807, 2.05) is 0 Å². The maximum Gasteiger partial charge on any atom is 0.251 e. The molecule has 2 nitrogen and oxygen atoms in total. The summed E-state index contributed by atoms with van der Waals surface area (Å²) < 4.78 is 13.1. The Hall–Kier alpha value is -1.03. The molecule has 0 bridgehead atoms. The molecule has 0 heterocycles. The number of carbonyl (C=O) groups is 1. The van der Waals surface area contributed by atoms with Gasteiger partial charge in [-0.25, -0.2) is 4.39 Å². The standard InChI is InChI=1S/C15H22FNOS/c1-9(2)12(10(3)4)8-17-15(18)11-5-6-13(16)14(19)7-11/h5-7,9-10,12,19H,8H2,1-4H3,(H,17,18). The molecule has 0 saturated carbocycles. The van der Waals surface area contributed by atoms with E-state index in [0.717, 1.165) is 0 Å². The second-order valence-electron chi connectivity index (χ2n) is 5.53. The summed E-state index contributed by atoms with van der Waals surface area (Å²) in [4.78, 5) is 12.2. The maximum absolute atomic E-state index is 13.1. The minimum Gasteiger partial charge on any atom is -0.352 e. The molecule has 0 spiro atoms. The molecular weight excluding hydrogens is 261 g/mol. The van der Waals surface area contributed by atoms with Crippen molar-refractivity contribution in [2.75, 3.05) is 6.54 Å². The summed E-state index contributed by atoms with van der Waals surface area (Å²) >= 11 is 3.98. The summed E-state index contributed by atoms with van der Waals surface area (Å²) in [6.45, 7) is 9.25. The predicted octanol–water partition coefficient (Wildman–Crippen LogP) is 3.77. The molecule has 1 amide bonds. The molecule has 0 atom stereocenters. The van der Waals surface area contributed by atoms with E-state index in [9.17, 15) is 9.18 Å². The lowest BCUT2D eigenvalue weighted by atomic mass is 9.85. The second-order valence-corrected chi connectivity index (χ2v) is 6.01. The lowest BCUT2D eigenvalue weighted by Crippen LogP contribution is -2.33. The van der Waals surface area contributed by atoms with Crippen LogP contribution in [-0.4, -0.2) is 12.5 Å². The number of rotatable bonds is 5. The van der Waals surface area contributed by atoms with Crippen LogP contribution in [0.1, 0.15) is 38.1 Å². The van der Waals surface area contributed by atoms with Crippen molar-refractivity contribution >= 4 is 18.5 Å². The Kier molecular flexibility index (Phi) is 5.85. The minimum absolute atomic E-state index is 0.179.